The molecule has 0 unspecified atom stereocenters. The number of carbonyl (C=O) groups is 2. The summed E-state index contributed by atoms with van der Waals surface area (Å²) in [6, 6.07) is 13.3. The van der Waals surface area contributed by atoms with Crippen LogP contribution >= 0.6 is 11.3 Å². The standard InChI is InChI=1S/C25H30N2O5S/c1-5-25(6-2,14-23-27-18-9-7-8-10-21(18)33-23)24(29)32-16-22(28)26-15-17-11-12-19(30-3)20(13-17)31-4/h7-13H,5-6,14-16H2,1-4H3,(H,26,28). The minimum Gasteiger partial charge on any atom is -0.493 e. The lowest BCUT2D eigenvalue weighted by Crippen LogP contribution is -2.37. The van der Waals surface area contributed by atoms with Gasteiger partial charge >= 0.3 is 5.97 Å². The zero-order valence-electron chi connectivity index (χ0n) is 19.5. The van der Waals surface area contributed by atoms with Crippen molar-refractivity contribution in [2.75, 3.05) is 20.8 Å². The van der Waals surface area contributed by atoms with Gasteiger partial charge in [-0.2, -0.15) is 0 Å². The minimum atomic E-state index is -0.711. The molecular formula is C25H30N2O5S. The van der Waals surface area contributed by atoms with E-state index in [1.165, 1.54) is 0 Å². The number of methoxy groups -OCH3 is 2. The number of amides is 1. The summed E-state index contributed by atoms with van der Waals surface area (Å²) in [4.78, 5) is 30.0. The average Bonchev–Trinajstić information content (AvgIpc) is 3.26. The van der Waals surface area contributed by atoms with E-state index in [1.54, 1.807) is 37.7 Å². The Hall–Kier alpha value is -3.13. The predicted molar refractivity (Wildman–Crippen MR) is 129 cm³/mol. The molecule has 1 amide bonds. The van der Waals surface area contributed by atoms with Gasteiger partial charge in [0, 0.05) is 13.0 Å². The van der Waals surface area contributed by atoms with Gasteiger partial charge in [-0.05, 0) is 42.7 Å². The van der Waals surface area contributed by atoms with Crippen molar-refractivity contribution in [3.63, 3.8) is 0 Å². The fraction of sp³-hybridized carbons (Fsp3) is 0.400. The van der Waals surface area contributed by atoms with Gasteiger partial charge in [-0.3, -0.25) is 9.59 Å². The van der Waals surface area contributed by atoms with Crippen molar-refractivity contribution in [1.29, 1.82) is 0 Å². The summed E-state index contributed by atoms with van der Waals surface area (Å²) in [5.74, 6) is 0.471. The molecule has 0 aliphatic rings. The number of para-hydroxylation sites is 1. The number of ether oxygens (including phenoxy) is 3. The molecule has 0 aliphatic heterocycles. The van der Waals surface area contributed by atoms with E-state index in [2.05, 4.69) is 10.3 Å². The van der Waals surface area contributed by atoms with Crippen LogP contribution in [-0.4, -0.2) is 37.7 Å². The van der Waals surface area contributed by atoms with Crippen LogP contribution in [-0.2, 0) is 27.3 Å². The van der Waals surface area contributed by atoms with Crippen LogP contribution in [0.15, 0.2) is 42.5 Å². The van der Waals surface area contributed by atoms with Crippen LogP contribution in [0.3, 0.4) is 0 Å². The van der Waals surface area contributed by atoms with Gasteiger partial charge in [0.15, 0.2) is 18.1 Å². The van der Waals surface area contributed by atoms with Crippen molar-refractivity contribution in [1.82, 2.24) is 10.3 Å². The number of benzene rings is 2. The Morgan fingerprint density at radius 2 is 1.76 bits per heavy atom. The SMILES string of the molecule is CCC(CC)(Cc1nc2ccccc2s1)C(=O)OCC(=O)NCc1ccc(OC)c(OC)c1. The van der Waals surface area contributed by atoms with E-state index in [4.69, 9.17) is 14.2 Å². The van der Waals surface area contributed by atoms with E-state index in [-0.39, 0.29) is 25.0 Å². The Morgan fingerprint density at radius 1 is 1.03 bits per heavy atom. The van der Waals surface area contributed by atoms with E-state index >= 15 is 0 Å². The first-order valence-corrected chi connectivity index (χ1v) is 11.8. The van der Waals surface area contributed by atoms with Crippen molar-refractivity contribution < 1.29 is 23.8 Å². The topological polar surface area (TPSA) is 86.8 Å². The highest BCUT2D eigenvalue weighted by Gasteiger charge is 2.38. The summed E-state index contributed by atoms with van der Waals surface area (Å²) in [5, 5.41) is 3.67. The van der Waals surface area contributed by atoms with Crippen molar-refractivity contribution >= 4 is 33.4 Å². The lowest BCUT2D eigenvalue weighted by Gasteiger charge is -2.28. The molecule has 3 rings (SSSR count). The Kier molecular flexibility index (Phi) is 8.27. The van der Waals surface area contributed by atoms with Crippen LogP contribution in [0, 0.1) is 5.41 Å². The lowest BCUT2D eigenvalue weighted by atomic mass is 9.79. The summed E-state index contributed by atoms with van der Waals surface area (Å²) in [6.45, 7) is 3.90. The summed E-state index contributed by atoms with van der Waals surface area (Å²) >= 11 is 1.59. The van der Waals surface area contributed by atoms with Gasteiger partial charge < -0.3 is 19.5 Å². The molecule has 7 nitrogen and oxygen atoms in total. The number of fused-ring (bicyclic) bond motifs is 1. The number of rotatable bonds is 11. The number of hydrogen-bond acceptors (Lipinski definition) is 7. The van der Waals surface area contributed by atoms with Gasteiger partial charge in [0.25, 0.3) is 5.91 Å². The molecule has 0 aliphatic carbocycles. The van der Waals surface area contributed by atoms with E-state index in [0.717, 1.165) is 20.8 Å². The third-order valence-corrected chi connectivity index (χ3v) is 6.92. The van der Waals surface area contributed by atoms with Crippen molar-refractivity contribution in [3.8, 4) is 11.5 Å². The van der Waals surface area contributed by atoms with Gasteiger partial charge in [-0.25, -0.2) is 4.98 Å². The Labute approximate surface area is 198 Å². The summed E-state index contributed by atoms with van der Waals surface area (Å²) in [5.41, 5.74) is 1.07. The van der Waals surface area contributed by atoms with Crippen LogP contribution in [0.1, 0.15) is 37.3 Å². The molecule has 0 saturated carbocycles. The largest absolute Gasteiger partial charge is 0.493 e. The summed E-state index contributed by atoms with van der Waals surface area (Å²) in [6.07, 6.45) is 1.70. The Morgan fingerprint density at radius 3 is 2.42 bits per heavy atom. The van der Waals surface area contributed by atoms with Gasteiger partial charge in [0.2, 0.25) is 0 Å². The molecule has 3 aromatic rings. The minimum absolute atomic E-state index is 0.287. The van der Waals surface area contributed by atoms with Crippen LogP contribution < -0.4 is 14.8 Å². The third-order valence-electron chi connectivity index (χ3n) is 5.89. The smallest absolute Gasteiger partial charge is 0.312 e. The summed E-state index contributed by atoms with van der Waals surface area (Å²) < 4.78 is 17.0. The number of hydrogen-bond donors (Lipinski definition) is 1. The monoisotopic (exact) mass is 470 g/mol. The Bertz CT molecular complexity index is 1070. The normalized spacial score (nSPS) is 11.3. The number of thiazole rings is 1. The molecule has 0 fully saturated rings. The molecule has 33 heavy (non-hydrogen) atoms. The Balaban J connectivity index is 1.58. The van der Waals surface area contributed by atoms with Crippen LogP contribution in [0.25, 0.3) is 10.2 Å². The number of nitrogens with zero attached hydrogens (tertiary/aromatic N) is 1. The van der Waals surface area contributed by atoms with Crippen LogP contribution in [0.5, 0.6) is 11.5 Å². The second-order valence-corrected chi connectivity index (χ2v) is 8.90. The lowest BCUT2D eigenvalue weighted by molar-refractivity contribution is -0.159. The number of carbonyl (C=O) groups excluding carboxylic acids is 2. The molecule has 0 saturated heterocycles. The summed E-state index contributed by atoms with van der Waals surface area (Å²) in [7, 11) is 3.12. The molecule has 8 heteroatoms. The maximum atomic E-state index is 13.0. The number of aromatic nitrogens is 1. The molecule has 0 radical (unpaired) electrons. The first kappa shape index (κ1) is 24.5. The molecule has 0 atom stereocenters. The molecule has 1 aromatic heterocycles. The van der Waals surface area contributed by atoms with Crippen LogP contribution in [0.4, 0.5) is 0 Å². The fourth-order valence-electron chi connectivity index (χ4n) is 3.67. The van der Waals surface area contributed by atoms with E-state index in [0.29, 0.717) is 30.8 Å². The second-order valence-electron chi connectivity index (χ2n) is 7.78. The first-order chi connectivity index (χ1) is 15.9. The molecule has 2 aromatic carbocycles. The van der Waals surface area contributed by atoms with E-state index in [9.17, 15) is 9.59 Å². The molecule has 0 bridgehead atoms. The van der Waals surface area contributed by atoms with Gasteiger partial charge in [0.05, 0.1) is 34.9 Å². The molecule has 1 N–H and O–H groups in total. The average molecular weight is 471 g/mol. The highest BCUT2D eigenvalue weighted by atomic mass is 32.1. The second kappa shape index (κ2) is 11.1. The number of nitrogens with one attached hydrogen (secondary N) is 1. The first-order valence-electron chi connectivity index (χ1n) is 10.9. The molecule has 176 valence electrons. The zero-order valence-corrected chi connectivity index (χ0v) is 20.3. The highest BCUT2D eigenvalue weighted by Crippen LogP contribution is 2.35. The van der Waals surface area contributed by atoms with Gasteiger partial charge in [-0.15, -0.1) is 11.3 Å². The maximum absolute atomic E-state index is 13.0. The van der Waals surface area contributed by atoms with Crippen LogP contribution in [0.2, 0.25) is 0 Å². The van der Waals surface area contributed by atoms with Crippen molar-refractivity contribution in [3.05, 3.63) is 53.0 Å². The molecular weight excluding hydrogens is 440 g/mol. The van der Waals surface area contributed by atoms with E-state index < -0.39 is 5.41 Å². The quantitative estimate of drug-likeness (QED) is 0.415. The van der Waals surface area contributed by atoms with E-state index in [1.807, 2.05) is 44.2 Å². The molecule has 0 spiro atoms. The van der Waals surface area contributed by atoms with Crippen molar-refractivity contribution in [2.24, 2.45) is 5.41 Å². The number of esters is 1. The highest BCUT2D eigenvalue weighted by molar-refractivity contribution is 7.18. The maximum Gasteiger partial charge on any atom is 0.312 e. The zero-order chi connectivity index (χ0) is 23.8. The van der Waals surface area contributed by atoms with Crippen molar-refractivity contribution in [2.45, 2.75) is 39.7 Å². The van der Waals surface area contributed by atoms with Gasteiger partial charge in [0.1, 0.15) is 0 Å². The molecule has 1 heterocycles. The third kappa shape index (κ3) is 5.82. The fourth-order valence-corrected chi connectivity index (χ4v) is 4.78. The predicted octanol–water partition coefficient (Wildman–Crippen LogP) is 4.52. The van der Waals surface area contributed by atoms with Gasteiger partial charge in [-0.1, -0.05) is 32.0 Å².